The van der Waals surface area contributed by atoms with Crippen molar-refractivity contribution in [2.75, 3.05) is 13.2 Å². The zero-order chi connectivity index (χ0) is 13.1. The Morgan fingerprint density at radius 1 is 1.33 bits per heavy atom. The lowest BCUT2D eigenvalue weighted by molar-refractivity contribution is 0.0737. The summed E-state index contributed by atoms with van der Waals surface area (Å²) >= 11 is 0. The summed E-state index contributed by atoms with van der Waals surface area (Å²) in [7, 11) is 0. The summed E-state index contributed by atoms with van der Waals surface area (Å²) < 4.78 is 5.58. The number of nitrogens with one attached hydrogen (secondary N) is 1. The van der Waals surface area contributed by atoms with Gasteiger partial charge in [0.1, 0.15) is 5.84 Å². The smallest absolute Gasteiger partial charge is 0.129 e. The molecule has 18 heavy (non-hydrogen) atoms. The lowest BCUT2D eigenvalue weighted by Crippen LogP contribution is -2.42. The van der Waals surface area contributed by atoms with Crippen LogP contribution in [0.5, 0.6) is 0 Å². The monoisotopic (exact) mass is 246 g/mol. The van der Waals surface area contributed by atoms with E-state index in [0.717, 1.165) is 18.7 Å². The third-order valence-corrected chi connectivity index (χ3v) is 3.56. The van der Waals surface area contributed by atoms with Crippen LogP contribution in [-0.4, -0.2) is 30.0 Å². The molecule has 1 aliphatic rings. The van der Waals surface area contributed by atoms with Crippen LogP contribution in [0.1, 0.15) is 31.9 Å². The molecule has 0 saturated carbocycles. The highest BCUT2D eigenvalue weighted by atomic mass is 16.5. The molecule has 1 N–H and O–H groups in total. The standard InChI is InChI=1S/C15H22N2O/c1-4-18-10-14(11(2)3)17-9-12-7-5-6-8-13(12)15(17)16/h5-8,11,14,16H,4,9-10H2,1-3H3. The lowest BCUT2D eigenvalue weighted by atomic mass is 10.0. The maximum Gasteiger partial charge on any atom is 0.129 e. The molecule has 0 aliphatic carbocycles. The number of rotatable bonds is 5. The summed E-state index contributed by atoms with van der Waals surface area (Å²) in [6, 6.07) is 8.48. The third kappa shape index (κ3) is 2.41. The average Bonchev–Trinajstić information content (AvgIpc) is 2.68. The highest BCUT2D eigenvalue weighted by Gasteiger charge is 2.31. The van der Waals surface area contributed by atoms with Crippen molar-refractivity contribution >= 4 is 5.84 Å². The second kappa shape index (κ2) is 5.53. The van der Waals surface area contributed by atoms with E-state index in [2.05, 4.69) is 24.8 Å². The van der Waals surface area contributed by atoms with Gasteiger partial charge in [0.15, 0.2) is 0 Å². The van der Waals surface area contributed by atoms with Gasteiger partial charge in [-0.3, -0.25) is 5.41 Å². The molecule has 0 spiro atoms. The van der Waals surface area contributed by atoms with Crippen molar-refractivity contribution in [2.45, 2.75) is 33.4 Å². The summed E-state index contributed by atoms with van der Waals surface area (Å²) in [6.07, 6.45) is 0. The van der Waals surface area contributed by atoms with Crippen LogP contribution in [0.25, 0.3) is 0 Å². The molecular formula is C15H22N2O. The molecule has 1 atom stereocenters. The maximum absolute atomic E-state index is 8.32. The van der Waals surface area contributed by atoms with Crippen molar-refractivity contribution in [3.63, 3.8) is 0 Å². The largest absolute Gasteiger partial charge is 0.380 e. The molecule has 3 heteroatoms. The predicted octanol–water partition coefficient (Wildman–Crippen LogP) is 2.89. The van der Waals surface area contributed by atoms with Gasteiger partial charge in [0.05, 0.1) is 12.6 Å². The van der Waals surface area contributed by atoms with Gasteiger partial charge < -0.3 is 9.64 Å². The van der Waals surface area contributed by atoms with Crippen LogP contribution in [-0.2, 0) is 11.3 Å². The van der Waals surface area contributed by atoms with E-state index in [9.17, 15) is 0 Å². The van der Waals surface area contributed by atoms with Gasteiger partial charge in [0, 0.05) is 18.7 Å². The Morgan fingerprint density at radius 3 is 2.67 bits per heavy atom. The van der Waals surface area contributed by atoms with Crippen molar-refractivity contribution in [1.82, 2.24) is 4.90 Å². The first-order valence-electron chi connectivity index (χ1n) is 6.66. The van der Waals surface area contributed by atoms with E-state index < -0.39 is 0 Å². The molecule has 98 valence electrons. The van der Waals surface area contributed by atoms with Gasteiger partial charge in [-0.1, -0.05) is 38.1 Å². The summed E-state index contributed by atoms with van der Waals surface area (Å²) in [5, 5.41) is 8.32. The van der Waals surface area contributed by atoms with Gasteiger partial charge in [-0.2, -0.15) is 0 Å². The van der Waals surface area contributed by atoms with Crippen molar-refractivity contribution in [3.05, 3.63) is 35.4 Å². The number of ether oxygens (including phenoxy) is 1. The number of benzene rings is 1. The maximum atomic E-state index is 8.32. The van der Waals surface area contributed by atoms with E-state index in [1.54, 1.807) is 0 Å². The van der Waals surface area contributed by atoms with Gasteiger partial charge >= 0.3 is 0 Å². The van der Waals surface area contributed by atoms with Crippen LogP contribution in [0.2, 0.25) is 0 Å². The molecule has 1 aliphatic heterocycles. The summed E-state index contributed by atoms with van der Waals surface area (Å²) in [4.78, 5) is 2.17. The van der Waals surface area contributed by atoms with Crippen LogP contribution in [0.15, 0.2) is 24.3 Å². The Bertz CT molecular complexity index is 428. The van der Waals surface area contributed by atoms with E-state index in [4.69, 9.17) is 10.1 Å². The zero-order valence-corrected chi connectivity index (χ0v) is 11.4. The number of hydrogen-bond donors (Lipinski definition) is 1. The Labute approximate surface area is 109 Å². The minimum atomic E-state index is 0.282. The molecule has 2 rings (SSSR count). The highest BCUT2D eigenvalue weighted by Crippen LogP contribution is 2.26. The van der Waals surface area contributed by atoms with Crippen molar-refractivity contribution in [3.8, 4) is 0 Å². The molecule has 1 aromatic carbocycles. The van der Waals surface area contributed by atoms with E-state index in [1.807, 2.05) is 25.1 Å². The summed E-state index contributed by atoms with van der Waals surface area (Å²) in [5.41, 5.74) is 2.32. The first-order valence-corrected chi connectivity index (χ1v) is 6.66. The molecule has 1 unspecified atom stereocenters. The molecular weight excluding hydrogens is 224 g/mol. The molecule has 0 bridgehead atoms. The third-order valence-electron chi connectivity index (χ3n) is 3.56. The minimum absolute atomic E-state index is 0.282. The normalized spacial score (nSPS) is 16.2. The SMILES string of the molecule is CCOCC(C(C)C)N1Cc2ccccc2C1=N. The fraction of sp³-hybridized carbons (Fsp3) is 0.533. The van der Waals surface area contributed by atoms with Crippen LogP contribution in [0.4, 0.5) is 0 Å². The van der Waals surface area contributed by atoms with Crippen LogP contribution >= 0.6 is 0 Å². The number of hydrogen-bond acceptors (Lipinski definition) is 2. The van der Waals surface area contributed by atoms with Crippen LogP contribution < -0.4 is 0 Å². The fourth-order valence-electron chi connectivity index (χ4n) is 2.47. The Balaban J connectivity index is 2.17. The molecule has 0 aromatic heterocycles. The second-order valence-corrected chi connectivity index (χ2v) is 5.10. The van der Waals surface area contributed by atoms with Gasteiger partial charge in [-0.25, -0.2) is 0 Å². The quantitative estimate of drug-likeness (QED) is 0.867. The van der Waals surface area contributed by atoms with Gasteiger partial charge in [0.2, 0.25) is 0 Å². The predicted molar refractivity (Wildman–Crippen MR) is 73.9 cm³/mol. The van der Waals surface area contributed by atoms with E-state index in [-0.39, 0.29) is 6.04 Å². The zero-order valence-electron chi connectivity index (χ0n) is 11.4. The first-order chi connectivity index (χ1) is 8.65. The van der Waals surface area contributed by atoms with Crippen molar-refractivity contribution in [2.24, 2.45) is 5.92 Å². The Morgan fingerprint density at radius 2 is 2.06 bits per heavy atom. The number of fused-ring (bicyclic) bond motifs is 1. The van der Waals surface area contributed by atoms with E-state index >= 15 is 0 Å². The Kier molecular flexibility index (Phi) is 4.02. The summed E-state index contributed by atoms with van der Waals surface area (Å²) in [6.45, 7) is 8.67. The summed E-state index contributed by atoms with van der Waals surface area (Å²) in [5.74, 6) is 1.12. The molecule has 0 amide bonds. The lowest BCUT2D eigenvalue weighted by Gasteiger charge is -2.32. The molecule has 0 saturated heterocycles. The van der Waals surface area contributed by atoms with Crippen LogP contribution in [0, 0.1) is 11.3 Å². The fourth-order valence-corrected chi connectivity index (χ4v) is 2.47. The Hall–Kier alpha value is -1.35. The first kappa shape index (κ1) is 13.1. The molecule has 1 heterocycles. The van der Waals surface area contributed by atoms with Crippen molar-refractivity contribution in [1.29, 1.82) is 5.41 Å². The second-order valence-electron chi connectivity index (χ2n) is 5.10. The number of amidine groups is 1. The molecule has 0 radical (unpaired) electrons. The van der Waals surface area contributed by atoms with Crippen molar-refractivity contribution < 1.29 is 4.74 Å². The van der Waals surface area contributed by atoms with Gasteiger partial charge in [0.25, 0.3) is 0 Å². The van der Waals surface area contributed by atoms with Gasteiger partial charge in [-0.15, -0.1) is 0 Å². The average molecular weight is 246 g/mol. The molecule has 0 fully saturated rings. The van der Waals surface area contributed by atoms with E-state index in [0.29, 0.717) is 18.4 Å². The number of nitrogens with zero attached hydrogens (tertiary/aromatic N) is 1. The van der Waals surface area contributed by atoms with Gasteiger partial charge in [-0.05, 0) is 18.4 Å². The topological polar surface area (TPSA) is 36.3 Å². The highest BCUT2D eigenvalue weighted by molar-refractivity contribution is 6.00. The van der Waals surface area contributed by atoms with E-state index in [1.165, 1.54) is 5.56 Å². The molecule has 1 aromatic rings. The molecule has 3 nitrogen and oxygen atoms in total. The van der Waals surface area contributed by atoms with Crippen LogP contribution in [0.3, 0.4) is 0 Å². The minimum Gasteiger partial charge on any atom is -0.380 e.